The van der Waals surface area contributed by atoms with Gasteiger partial charge in [0.05, 0.1) is 22.6 Å². The lowest BCUT2D eigenvalue weighted by Gasteiger charge is -2.39. The van der Waals surface area contributed by atoms with Crippen molar-refractivity contribution in [1.29, 1.82) is 5.26 Å². The quantitative estimate of drug-likeness (QED) is 0.620. The van der Waals surface area contributed by atoms with Crippen LogP contribution in [0.4, 0.5) is 25.1 Å². The molecule has 0 aliphatic heterocycles. The Bertz CT molecular complexity index is 1050. The maximum atomic E-state index is 13.7. The molecule has 1 aliphatic carbocycles. The summed E-state index contributed by atoms with van der Waals surface area (Å²) in [6.07, 6.45) is -2.93. The molecule has 0 radical (unpaired) electrons. The van der Waals surface area contributed by atoms with Crippen molar-refractivity contribution < 1.29 is 18.0 Å². The van der Waals surface area contributed by atoms with Crippen LogP contribution in [-0.2, 0) is 17.4 Å². The number of carbonyl (C=O) groups is 1. The predicted octanol–water partition coefficient (Wildman–Crippen LogP) is 3.18. The molecule has 1 aromatic heterocycles. The third-order valence-electron chi connectivity index (χ3n) is 5.74. The van der Waals surface area contributed by atoms with Crippen molar-refractivity contribution in [1.82, 2.24) is 15.0 Å². The Morgan fingerprint density at radius 1 is 1.31 bits per heavy atom. The maximum absolute atomic E-state index is 13.7. The summed E-state index contributed by atoms with van der Waals surface area (Å²) in [5.74, 6) is 0.548. The van der Waals surface area contributed by atoms with Gasteiger partial charge < -0.3 is 16.4 Å². The molecule has 0 spiro atoms. The number of alkyl halides is 3. The molecular weight excluding hydrogens is 423 g/mol. The van der Waals surface area contributed by atoms with Gasteiger partial charge in [-0.05, 0) is 50.3 Å². The highest BCUT2D eigenvalue weighted by molar-refractivity contribution is 5.81. The summed E-state index contributed by atoms with van der Waals surface area (Å²) in [5, 5.41) is 15.0. The van der Waals surface area contributed by atoms with E-state index < -0.39 is 23.1 Å². The number of rotatable bonds is 6. The first-order valence-corrected chi connectivity index (χ1v) is 10.1. The lowest BCUT2D eigenvalue weighted by molar-refractivity contribution is -0.139. The van der Waals surface area contributed by atoms with Crippen molar-refractivity contribution in [2.75, 3.05) is 17.7 Å². The zero-order valence-corrected chi connectivity index (χ0v) is 17.8. The van der Waals surface area contributed by atoms with Crippen LogP contribution >= 0.6 is 0 Å². The molecule has 1 heterocycles. The average molecular weight is 447 g/mol. The van der Waals surface area contributed by atoms with Gasteiger partial charge in [0.1, 0.15) is 5.82 Å². The summed E-state index contributed by atoms with van der Waals surface area (Å²) in [5.41, 5.74) is 3.51. The number of nitrogens with one attached hydrogen (secondary N) is 2. The molecule has 0 saturated heterocycles. The summed E-state index contributed by atoms with van der Waals surface area (Å²) in [4.78, 5) is 25.2. The van der Waals surface area contributed by atoms with E-state index in [9.17, 15) is 18.0 Å². The van der Waals surface area contributed by atoms with Crippen LogP contribution in [0.1, 0.15) is 48.2 Å². The Morgan fingerprint density at radius 2 is 2.03 bits per heavy atom. The van der Waals surface area contributed by atoms with E-state index in [0.717, 1.165) is 6.07 Å². The molecule has 0 bridgehead atoms. The molecule has 1 fully saturated rings. The molecule has 1 amide bonds. The van der Waals surface area contributed by atoms with Crippen molar-refractivity contribution in [2.24, 2.45) is 11.1 Å². The molecule has 8 nitrogen and oxygen atoms in total. The van der Waals surface area contributed by atoms with Crippen molar-refractivity contribution >= 4 is 17.8 Å². The van der Waals surface area contributed by atoms with E-state index in [-0.39, 0.29) is 30.0 Å². The number of nitrogens with zero attached hydrogens (tertiary/aromatic N) is 4. The van der Waals surface area contributed by atoms with Crippen molar-refractivity contribution in [3.05, 3.63) is 40.7 Å². The van der Waals surface area contributed by atoms with Crippen molar-refractivity contribution in [3.8, 4) is 6.07 Å². The van der Waals surface area contributed by atoms with E-state index in [4.69, 9.17) is 11.0 Å². The van der Waals surface area contributed by atoms with Gasteiger partial charge >= 0.3 is 6.18 Å². The first-order valence-electron chi connectivity index (χ1n) is 10.1. The van der Waals surface area contributed by atoms with Crippen LogP contribution in [0, 0.1) is 23.7 Å². The summed E-state index contributed by atoms with van der Waals surface area (Å²) in [6.45, 7) is 1.71. The third kappa shape index (κ3) is 5.07. The number of nitrogens with two attached hydrogens (primary N) is 1. The average Bonchev–Trinajstić information content (AvgIpc) is 2.73. The van der Waals surface area contributed by atoms with Gasteiger partial charge in [0.15, 0.2) is 0 Å². The normalized spacial score (nSPS) is 20.9. The monoisotopic (exact) mass is 447 g/mol. The maximum Gasteiger partial charge on any atom is 0.416 e. The zero-order chi connectivity index (χ0) is 23.5. The smallest absolute Gasteiger partial charge is 0.369 e. The molecule has 4 N–H and O–H groups in total. The van der Waals surface area contributed by atoms with Crippen LogP contribution in [0.25, 0.3) is 0 Å². The van der Waals surface area contributed by atoms with Crippen molar-refractivity contribution in [2.45, 2.75) is 51.2 Å². The highest BCUT2D eigenvalue weighted by Gasteiger charge is 2.44. The number of hydrogen-bond donors (Lipinski definition) is 3. The Labute approximate surface area is 183 Å². The number of hydrogen-bond acceptors (Lipinski definition) is 7. The summed E-state index contributed by atoms with van der Waals surface area (Å²) in [7, 11) is 1.67. The second kappa shape index (κ2) is 8.98. The van der Waals surface area contributed by atoms with Crippen LogP contribution in [0.15, 0.2) is 18.2 Å². The summed E-state index contributed by atoms with van der Waals surface area (Å²) < 4.78 is 41.0. The molecule has 11 heteroatoms. The fraction of sp³-hybridized carbons (Fsp3) is 0.476. The Morgan fingerprint density at radius 3 is 2.66 bits per heavy atom. The van der Waals surface area contributed by atoms with Gasteiger partial charge in [-0.1, -0.05) is 12.5 Å². The van der Waals surface area contributed by atoms with Gasteiger partial charge in [0, 0.05) is 13.1 Å². The number of aromatic nitrogens is 3. The van der Waals surface area contributed by atoms with Gasteiger partial charge in [0.2, 0.25) is 17.8 Å². The molecule has 170 valence electrons. The highest BCUT2D eigenvalue weighted by atomic mass is 19.4. The predicted molar refractivity (Wildman–Crippen MR) is 111 cm³/mol. The SMILES string of the molecule is CNc1nc(C)nc(NC2CCCC(Cc3ccc(C#N)cc3C(F)(F)F)(C(N)=O)C2)n1. The first kappa shape index (κ1) is 23.2. The second-order valence-corrected chi connectivity index (χ2v) is 8.02. The fourth-order valence-electron chi connectivity index (χ4n) is 4.23. The van der Waals surface area contributed by atoms with E-state index >= 15 is 0 Å². The lowest BCUT2D eigenvalue weighted by atomic mass is 9.67. The van der Waals surface area contributed by atoms with E-state index in [2.05, 4.69) is 25.6 Å². The Kier molecular flexibility index (Phi) is 6.52. The number of benzene rings is 1. The van der Waals surface area contributed by atoms with Gasteiger partial charge in [-0.25, -0.2) is 0 Å². The molecule has 2 unspecified atom stereocenters. The van der Waals surface area contributed by atoms with E-state index in [0.29, 0.717) is 37.0 Å². The van der Waals surface area contributed by atoms with Gasteiger partial charge in [0.25, 0.3) is 0 Å². The zero-order valence-electron chi connectivity index (χ0n) is 17.8. The second-order valence-electron chi connectivity index (χ2n) is 8.02. The standard InChI is InChI=1S/C21H24F3N7O/c1-12-28-18(27-2)31-19(29-12)30-15-4-3-7-20(10-15,17(26)32)9-14-6-5-13(11-25)8-16(14)21(22,23)24/h5-6,8,15H,3-4,7,9-10H2,1-2H3,(H2,26,32)(H2,27,28,29,30,31). The molecule has 32 heavy (non-hydrogen) atoms. The fourth-order valence-corrected chi connectivity index (χ4v) is 4.23. The Hall–Kier alpha value is -3.42. The lowest BCUT2D eigenvalue weighted by Crippen LogP contribution is -2.46. The van der Waals surface area contributed by atoms with Crippen LogP contribution < -0.4 is 16.4 Å². The van der Waals surface area contributed by atoms with Gasteiger partial charge in [-0.15, -0.1) is 0 Å². The van der Waals surface area contributed by atoms with Crippen LogP contribution in [-0.4, -0.2) is 33.9 Å². The minimum Gasteiger partial charge on any atom is -0.369 e. The molecule has 1 saturated carbocycles. The minimum atomic E-state index is -4.65. The number of halogens is 3. The molecular formula is C21H24F3N7O. The van der Waals surface area contributed by atoms with Crippen LogP contribution in [0.2, 0.25) is 0 Å². The summed E-state index contributed by atoms with van der Waals surface area (Å²) >= 11 is 0. The van der Waals surface area contributed by atoms with E-state index in [1.54, 1.807) is 20.0 Å². The molecule has 2 aromatic rings. The number of carbonyl (C=O) groups excluding carboxylic acids is 1. The molecule has 1 aromatic carbocycles. The van der Waals surface area contributed by atoms with Crippen LogP contribution in [0.3, 0.4) is 0 Å². The van der Waals surface area contributed by atoms with E-state index in [1.807, 2.05) is 0 Å². The van der Waals surface area contributed by atoms with Crippen molar-refractivity contribution in [3.63, 3.8) is 0 Å². The highest BCUT2D eigenvalue weighted by Crippen LogP contribution is 2.43. The van der Waals surface area contributed by atoms with E-state index in [1.165, 1.54) is 12.1 Å². The number of primary amides is 1. The number of aryl methyl sites for hydroxylation is 1. The minimum absolute atomic E-state index is 0.0515. The van der Waals surface area contributed by atoms with Gasteiger partial charge in [-0.2, -0.15) is 33.4 Å². The third-order valence-corrected chi connectivity index (χ3v) is 5.74. The van der Waals surface area contributed by atoms with Gasteiger partial charge in [-0.3, -0.25) is 4.79 Å². The number of amides is 1. The largest absolute Gasteiger partial charge is 0.416 e. The van der Waals surface area contributed by atoms with Crippen LogP contribution in [0.5, 0.6) is 0 Å². The molecule has 3 rings (SSSR count). The summed E-state index contributed by atoms with van der Waals surface area (Å²) in [6, 6.07) is 4.87. The molecule has 2 atom stereocenters. The number of anilines is 2. The topological polar surface area (TPSA) is 130 Å². The number of nitriles is 1. The molecule has 1 aliphatic rings. The Balaban J connectivity index is 1.90. The first-order chi connectivity index (χ1) is 15.1.